The number of nitrogens with two attached hydrogens (primary N) is 1. The van der Waals surface area contributed by atoms with Gasteiger partial charge in [-0.15, -0.1) is 0 Å². The number of rotatable bonds is 1. The number of ketones is 1. The van der Waals surface area contributed by atoms with Crippen molar-refractivity contribution in [3.05, 3.63) is 22.9 Å². The molecule has 0 saturated heterocycles. The van der Waals surface area contributed by atoms with Crippen LogP contribution in [0.5, 0.6) is 0 Å². The van der Waals surface area contributed by atoms with Gasteiger partial charge in [0.2, 0.25) is 5.78 Å². The van der Waals surface area contributed by atoms with Gasteiger partial charge in [-0.2, -0.15) is 26.0 Å². The summed E-state index contributed by atoms with van der Waals surface area (Å²) in [5.41, 5.74) is -0.950. The first-order valence-corrected chi connectivity index (χ1v) is 6.02. The van der Waals surface area contributed by atoms with E-state index in [1.54, 1.807) is 0 Å². The fraction of sp³-hybridized carbons (Fsp3) is 0.333. The Morgan fingerprint density at radius 1 is 1.22 bits per heavy atom. The highest BCUT2D eigenvalue weighted by Gasteiger charge is 2.46. The highest BCUT2D eigenvalue weighted by atomic mass is 32.2. The molecule has 0 aromatic rings. The molecule has 0 aliphatic heterocycles. The maximum atomic E-state index is 12.2. The fourth-order valence-electron chi connectivity index (χ4n) is 1.18. The summed E-state index contributed by atoms with van der Waals surface area (Å²) in [7, 11) is -5.65. The zero-order valence-corrected chi connectivity index (χ0v) is 10.2. The Bertz CT molecular complexity index is 597. The summed E-state index contributed by atoms with van der Waals surface area (Å²) < 4.78 is 60.9. The molecule has 1 aliphatic rings. The average molecular weight is 282 g/mol. The molecule has 0 aromatic heterocycles. The van der Waals surface area contributed by atoms with E-state index >= 15 is 0 Å². The van der Waals surface area contributed by atoms with Crippen molar-refractivity contribution >= 4 is 21.5 Å². The van der Waals surface area contributed by atoms with Crippen LogP contribution in [0.4, 0.5) is 13.2 Å². The third kappa shape index (κ3) is 2.45. The molecule has 1 rings (SSSR count). The molecule has 100 valence electrons. The van der Waals surface area contributed by atoms with Gasteiger partial charge >= 0.3 is 15.5 Å². The first kappa shape index (κ1) is 14.4. The van der Waals surface area contributed by atoms with Crippen LogP contribution in [0.15, 0.2) is 27.3 Å². The zero-order chi connectivity index (χ0) is 14.3. The Balaban J connectivity index is 3.41. The van der Waals surface area contributed by atoms with E-state index in [4.69, 9.17) is 5.73 Å². The number of nitrogens with zero attached hydrogens (tertiary/aromatic N) is 1. The number of carbonyl (C=O) groups is 1. The molecule has 0 saturated carbocycles. The molecule has 1 aliphatic carbocycles. The molecule has 2 N–H and O–H groups in total. The lowest BCUT2D eigenvalue weighted by Gasteiger charge is -2.14. The summed E-state index contributed by atoms with van der Waals surface area (Å²) in [6, 6.07) is 0. The smallest absolute Gasteiger partial charge is 0.395 e. The molecule has 0 amide bonds. The number of halogens is 3. The summed E-state index contributed by atoms with van der Waals surface area (Å²) in [4.78, 5) is 11.4. The van der Waals surface area contributed by atoms with Crippen LogP contribution in [0, 0.1) is 0 Å². The third-order valence-electron chi connectivity index (χ3n) is 2.35. The number of hydrogen-bond donors (Lipinski definition) is 1. The monoisotopic (exact) mass is 282 g/mol. The highest BCUT2D eigenvalue weighted by Crippen LogP contribution is 2.26. The molecule has 5 nitrogen and oxygen atoms in total. The largest absolute Gasteiger partial charge is 0.518 e. The van der Waals surface area contributed by atoms with Gasteiger partial charge in [-0.3, -0.25) is 4.79 Å². The van der Waals surface area contributed by atoms with E-state index in [0.717, 1.165) is 6.08 Å². The second kappa shape index (κ2) is 4.23. The van der Waals surface area contributed by atoms with Gasteiger partial charge in [-0.05, 0) is 25.5 Å². The average Bonchev–Trinajstić information content (AvgIpc) is 2.21. The maximum Gasteiger partial charge on any atom is 0.518 e. The van der Waals surface area contributed by atoms with Gasteiger partial charge in [-0.25, -0.2) is 0 Å². The SMILES string of the molecule is CC1=C(C)C(=NS(=O)(=O)C(F)(F)F)C=C(N)C1=O. The lowest BCUT2D eigenvalue weighted by atomic mass is 9.95. The molecular formula is C9H9F3N2O3S. The molecule has 0 fully saturated rings. The van der Waals surface area contributed by atoms with Crippen molar-refractivity contribution in [2.75, 3.05) is 0 Å². The van der Waals surface area contributed by atoms with Crippen molar-refractivity contribution in [1.29, 1.82) is 0 Å². The molecule has 0 radical (unpaired) electrons. The third-order valence-corrected chi connectivity index (χ3v) is 3.37. The summed E-state index contributed by atoms with van der Waals surface area (Å²) in [6.07, 6.45) is 0.813. The minimum Gasteiger partial charge on any atom is -0.395 e. The van der Waals surface area contributed by atoms with Gasteiger partial charge in [0.1, 0.15) is 0 Å². The van der Waals surface area contributed by atoms with E-state index in [2.05, 4.69) is 4.40 Å². The van der Waals surface area contributed by atoms with Crippen molar-refractivity contribution in [1.82, 2.24) is 0 Å². The highest BCUT2D eigenvalue weighted by molar-refractivity contribution is 7.91. The second-order valence-electron chi connectivity index (χ2n) is 3.58. The molecule has 18 heavy (non-hydrogen) atoms. The number of alkyl halides is 3. The van der Waals surface area contributed by atoms with Gasteiger partial charge in [0.25, 0.3) is 0 Å². The molecule has 0 spiro atoms. The molecular weight excluding hydrogens is 273 g/mol. The molecule has 9 heteroatoms. The Kier molecular flexibility index (Phi) is 3.39. The number of Topliss-reactive ketones (excluding diaryl/α,β-unsaturated/α-hetero) is 1. The van der Waals surface area contributed by atoms with Crippen LogP contribution in [0.1, 0.15) is 13.8 Å². The molecule has 0 bridgehead atoms. The van der Waals surface area contributed by atoms with Crippen LogP contribution in [0.25, 0.3) is 0 Å². The zero-order valence-electron chi connectivity index (χ0n) is 9.37. The normalized spacial score (nSPS) is 20.4. The van der Waals surface area contributed by atoms with Crippen molar-refractivity contribution in [3.8, 4) is 0 Å². The van der Waals surface area contributed by atoms with Gasteiger partial charge < -0.3 is 5.73 Å². The van der Waals surface area contributed by atoms with E-state index in [9.17, 15) is 26.4 Å². The number of hydrogen-bond acceptors (Lipinski definition) is 4. The summed E-state index contributed by atoms with van der Waals surface area (Å²) in [6.45, 7) is 2.62. The van der Waals surface area contributed by atoms with Gasteiger partial charge in [0.15, 0.2) is 0 Å². The lowest BCUT2D eigenvalue weighted by molar-refractivity contribution is -0.112. The van der Waals surface area contributed by atoms with Crippen LogP contribution in [0.3, 0.4) is 0 Å². The maximum absolute atomic E-state index is 12.2. The van der Waals surface area contributed by atoms with Crippen LogP contribution in [0.2, 0.25) is 0 Å². The standard InChI is InChI=1S/C9H9F3N2O3S/c1-4-5(2)8(15)6(13)3-7(4)14-18(16,17)9(10,11)12/h3H,13H2,1-2H3. The minimum absolute atomic E-state index is 0.0435. The Labute approximate surface area is 101 Å². The van der Waals surface area contributed by atoms with E-state index in [0.29, 0.717) is 0 Å². The van der Waals surface area contributed by atoms with E-state index in [1.165, 1.54) is 13.8 Å². The van der Waals surface area contributed by atoms with Crippen LogP contribution in [-0.4, -0.2) is 25.4 Å². The Morgan fingerprint density at radius 2 is 1.72 bits per heavy atom. The molecule has 0 unspecified atom stereocenters. The van der Waals surface area contributed by atoms with Gasteiger partial charge in [0.05, 0.1) is 11.4 Å². The van der Waals surface area contributed by atoms with Crippen molar-refractivity contribution in [2.24, 2.45) is 10.1 Å². The predicted octanol–water partition coefficient (Wildman–Crippen LogP) is 1.04. The minimum atomic E-state index is -5.65. The topological polar surface area (TPSA) is 89.6 Å². The van der Waals surface area contributed by atoms with Crippen molar-refractivity contribution in [2.45, 2.75) is 19.4 Å². The predicted molar refractivity (Wildman–Crippen MR) is 58.1 cm³/mol. The van der Waals surface area contributed by atoms with Crippen LogP contribution >= 0.6 is 0 Å². The number of carbonyl (C=O) groups excluding carboxylic acids is 1. The van der Waals surface area contributed by atoms with Gasteiger partial charge in [0, 0.05) is 5.57 Å². The van der Waals surface area contributed by atoms with E-state index in [-0.39, 0.29) is 16.8 Å². The molecule has 0 aromatic carbocycles. The quantitative estimate of drug-likeness (QED) is 0.727. The van der Waals surface area contributed by atoms with Crippen LogP contribution in [-0.2, 0) is 14.8 Å². The number of sulfonamides is 1. The Morgan fingerprint density at radius 3 is 2.17 bits per heavy atom. The Hall–Kier alpha value is -1.64. The fourth-order valence-corrected chi connectivity index (χ4v) is 1.73. The van der Waals surface area contributed by atoms with Crippen molar-refractivity contribution in [3.63, 3.8) is 0 Å². The van der Waals surface area contributed by atoms with Crippen molar-refractivity contribution < 1.29 is 26.4 Å². The first-order chi connectivity index (χ1) is 7.97. The first-order valence-electron chi connectivity index (χ1n) is 4.58. The number of allylic oxidation sites excluding steroid dienone is 3. The second-order valence-corrected chi connectivity index (χ2v) is 5.17. The summed E-state index contributed by atoms with van der Waals surface area (Å²) in [5, 5.41) is 0. The summed E-state index contributed by atoms with van der Waals surface area (Å²) >= 11 is 0. The molecule has 0 heterocycles. The summed E-state index contributed by atoms with van der Waals surface area (Å²) in [5.74, 6) is -0.559. The van der Waals surface area contributed by atoms with E-state index < -0.39 is 27.0 Å². The lowest BCUT2D eigenvalue weighted by Crippen LogP contribution is -2.25. The van der Waals surface area contributed by atoms with Gasteiger partial charge in [-0.1, -0.05) is 0 Å². The van der Waals surface area contributed by atoms with E-state index in [1.807, 2.05) is 0 Å². The van der Waals surface area contributed by atoms with Crippen LogP contribution < -0.4 is 5.73 Å². The molecule has 0 atom stereocenters.